The first-order valence-corrected chi connectivity index (χ1v) is 7.49. The van der Waals surface area contributed by atoms with Gasteiger partial charge in [-0.1, -0.05) is 37.3 Å². The molecule has 2 rings (SSSR count). The number of anilines is 1. The van der Waals surface area contributed by atoms with Crippen molar-refractivity contribution in [1.29, 1.82) is 0 Å². The predicted molar refractivity (Wildman–Crippen MR) is 86.0 cm³/mol. The summed E-state index contributed by atoms with van der Waals surface area (Å²) < 4.78 is 1.25. The Morgan fingerprint density at radius 1 is 1.41 bits per heavy atom. The second kappa shape index (κ2) is 6.29. The van der Waals surface area contributed by atoms with Gasteiger partial charge in [-0.3, -0.25) is 0 Å². The van der Waals surface area contributed by atoms with Crippen LogP contribution in [-0.4, -0.2) is 26.1 Å². The molecule has 7 nitrogen and oxygen atoms in total. The first-order valence-electron chi connectivity index (χ1n) is 7.49. The van der Waals surface area contributed by atoms with Gasteiger partial charge in [-0.25, -0.2) is 4.98 Å². The molecule has 0 aliphatic heterocycles. The number of nitro groups is 1. The molecule has 22 heavy (non-hydrogen) atoms. The van der Waals surface area contributed by atoms with Crippen LogP contribution < -0.4 is 5.32 Å². The normalized spacial score (nSPS) is 13.3. The minimum Gasteiger partial charge on any atom is -0.367 e. The quantitative estimate of drug-likeness (QED) is 0.652. The third-order valence-electron chi connectivity index (χ3n) is 3.44. The monoisotopic (exact) mass is 305 g/mol. The maximum Gasteiger partial charge on any atom is 0.368 e. The Hall–Kier alpha value is -2.18. The highest BCUT2D eigenvalue weighted by molar-refractivity contribution is 5.48. The lowest BCUT2D eigenvalue weighted by atomic mass is 9.84. The van der Waals surface area contributed by atoms with E-state index in [2.05, 4.69) is 43.1 Å². The van der Waals surface area contributed by atoms with E-state index in [4.69, 9.17) is 0 Å². The third-order valence-corrected chi connectivity index (χ3v) is 3.44. The minimum absolute atomic E-state index is 0.125. The van der Waals surface area contributed by atoms with Crippen LogP contribution >= 0.6 is 0 Å². The summed E-state index contributed by atoms with van der Waals surface area (Å²) in [5, 5.41) is 18.4. The van der Waals surface area contributed by atoms with Gasteiger partial charge in [0.25, 0.3) is 0 Å². The number of rotatable bonds is 6. The average Bonchev–Trinajstić information content (AvgIpc) is 2.79. The summed E-state index contributed by atoms with van der Waals surface area (Å²) in [5.41, 5.74) is 0.798. The number of hydrogen-bond donors (Lipinski definition) is 1. The van der Waals surface area contributed by atoms with Crippen molar-refractivity contribution in [3.8, 4) is 0 Å². The van der Waals surface area contributed by atoms with Gasteiger partial charge in [0.15, 0.2) is 5.82 Å². The number of fused-ring (bicyclic) bond motifs is 1. The molecule has 0 fully saturated rings. The van der Waals surface area contributed by atoms with Crippen LogP contribution in [0.2, 0.25) is 0 Å². The summed E-state index contributed by atoms with van der Waals surface area (Å²) in [4.78, 5) is 14.4. The van der Waals surface area contributed by atoms with Crippen molar-refractivity contribution in [2.24, 2.45) is 11.3 Å². The molecule has 0 saturated carbocycles. The Bertz CT molecular complexity index is 659. The molecule has 2 aromatic heterocycles. The number of nitrogens with zero attached hydrogens (tertiary/aromatic N) is 4. The molecular formula is C15H23N5O2. The van der Waals surface area contributed by atoms with E-state index >= 15 is 0 Å². The van der Waals surface area contributed by atoms with Crippen molar-refractivity contribution in [2.45, 2.75) is 40.5 Å². The van der Waals surface area contributed by atoms with E-state index in [9.17, 15) is 10.1 Å². The fourth-order valence-corrected chi connectivity index (χ4v) is 2.67. The van der Waals surface area contributed by atoms with Crippen LogP contribution in [0.4, 0.5) is 11.6 Å². The standard InChI is InChI=1S/C15H23N5O2/c1-11(9-15(2,3)4)7-8-16-12-5-6-13-17-10-14(20(21)22)19(13)18-12/h5-6,10-11H,7-9H2,1-4H3,(H,16,18). The third kappa shape index (κ3) is 4.16. The molecule has 2 aromatic rings. The molecule has 1 atom stereocenters. The molecule has 1 unspecified atom stereocenters. The highest BCUT2D eigenvalue weighted by Gasteiger charge is 2.17. The first kappa shape index (κ1) is 16.2. The average molecular weight is 305 g/mol. The summed E-state index contributed by atoms with van der Waals surface area (Å²) in [6.45, 7) is 9.75. The summed E-state index contributed by atoms with van der Waals surface area (Å²) in [6.07, 6.45) is 3.41. The van der Waals surface area contributed by atoms with Gasteiger partial charge in [0.1, 0.15) is 6.20 Å². The van der Waals surface area contributed by atoms with E-state index in [-0.39, 0.29) is 5.82 Å². The van der Waals surface area contributed by atoms with Crippen LogP contribution in [-0.2, 0) is 0 Å². The zero-order chi connectivity index (χ0) is 16.3. The van der Waals surface area contributed by atoms with Crippen molar-refractivity contribution in [3.05, 3.63) is 28.4 Å². The fraction of sp³-hybridized carbons (Fsp3) is 0.600. The van der Waals surface area contributed by atoms with E-state index in [0.717, 1.165) is 19.4 Å². The molecule has 0 aliphatic carbocycles. The Morgan fingerprint density at radius 2 is 2.14 bits per heavy atom. The van der Waals surface area contributed by atoms with Crippen LogP contribution in [0.3, 0.4) is 0 Å². The van der Waals surface area contributed by atoms with Crippen molar-refractivity contribution in [3.63, 3.8) is 0 Å². The van der Waals surface area contributed by atoms with Gasteiger partial charge in [-0.2, -0.15) is 0 Å². The molecule has 0 spiro atoms. The SMILES string of the molecule is CC(CCNc1ccc2ncc([N+](=O)[O-])n2n1)CC(C)(C)C. The lowest BCUT2D eigenvalue weighted by Crippen LogP contribution is -2.15. The second-order valence-corrected chi connectivity index (χ2v) is 6.95. The van der Waals surface area contributed by atoms with Crippen LogP contribution in [0.25, 0.3) is 5.65 Å². The van der Waals surface area contributed by atoms with Gasteiger partial charge in [-0.05, 0) is 35.2 Å². The largest absolute Gasteiger partial charge is 0.368 e. The van der Waals surface area contributed by atoms with Crippen LogP contribution in [0, 0.1) is 21.4 Å². The molecule has 7 heteroatoms. The van der Waals surface area contributed by atoms with Crippen molar-refractivity contribution >= 4 is 17.3 Å². The van der Waals surface area contributed by atoms with Crippen LogP contribution in [0.5, 0.6) is 0 Å². The zero-order valence-electron chi connectivity index (χ0n) is 13.5. The molecule has 0 radical (unpaired) electrons. The molecule has 0 saturated heterocycles. The highest BCUT2D eigenvalue weighted by Crippen LogP contribution is 2.25. The number of hydrogen-bond acceptors (Lipinski definition) is 5. The highest BCUT2D eigenvalue weighted by atomic mass is 16.6. The Labute approximate surface area is 129 Å². The molecule has 120 valence electrons. The van der Waals surface area contributed by atoms with Crippen LogP contribution in [0.15, 0.2) is 18.3 Å². The summed E-state index contributed by atoms with van der Waals surface area (Å²) in [6, 6.07) is 3.52. The molecule has 0 aliphatic rings. The summed E-state index contributed by atoms with van der Waals surface area (Å²) in [7, 11) is 0. The van der Waals surface area contributed by atoms with Crippen molar-refractivity contribution in [2.75, 3.05) is 11.9 Å². The van der Waals surface area contributed by atoms with Crippen LogP contribution in [0.1, 0.15) is 40.5 Å². The molecule has 0 bridgehead atoms. The summed E-state index contributed by atoms with van der Waals surface area (Å²) in [5.74, 6) is 1.11. The minimum atomic E-state index is -0.484. The Kier molecular flexibility index (Phi) is 4.63. The molecule has 1 N–H and O–H groups in total. The Morgan fingerprint density at radius 3 is 2.77 bits per heavy atom. The van der Waals surface area contributed by atoms with Gasteiger partial charge in [-0.15, -0.1) is 0 Å². The molecule has 0 amide bonds. The van der Waals surface area contributed by atoms with E-state index in [1.165, 1.54) is 10.7 Å². The molecular weight excluding hydrogens is 282 g/mol. The van der Waals surface area contributed by atoms with Crippen molar-refractivity contribution in [1.82, 2.24) is 14.6 Å². The summed E-state index contributed by atoms with van der Waals surface area (Å²) >= 11 is 0. The maximum absolute atomic E-state index is 10.9. The lowest BCUT2D eigenvalue weighted by Gasteiger charge is -2.23. The Balaban J connectivity index is 1.97. The van der Waals surface area contributed by atoms with E-state index in [0.29, 0.717) is 22.8 Å². The van der Waals surface area contributed by atoms with E-state index in [1.807, 2.05) is 0 Å². The fourth-order valence-electron chi connectivity index (χ4n) is 2.67. The predicted octanol–water partition coefficient (Wildman–Crippen LogP) is 3.51. The van der Waals surface area contributed by atoms with Crippen molar-refractivity contribution < 1.29 is 4.92 Å². The number of nitrogens with one attached hydrogen (secondary N) is 1. The van der Waals surface area contributed by atoms with Gasteiger partial charge >= 0.3 is 5.82 Å². The zero-order valence-corrected chi connectivity index (χ0v) is 13.5. The van der Waals surface area contributed by atoms with E-state index in [1.54, 1.807) is 12.1 Å². The lowest BCUT2D eigenvalue weighted by molar-refractivity contribution is -0.391. The number of imidazole rings is 1. The molecule has 0 aromatic carbocycles. The van der Waals surface area contributed by atoms with Gasteiger partial charge in [0.2, 0.25) is 5.65 Å². The maximum atomic E-state index is 10.9. The van der Waals surface area contributed by atoms with Gasteiger partial charge < -0.3 is 15.4 Å². The van der Waals surface area contributed by atoms with Gasteiger partial charge in [0.05, 0.1) is 0 Å². The van der Waals surface area contributed by atoms with Gasteiger partial charge in [0, 0.05) is 12.6 Å². The smallest absolute Gasteiger partial charge is 0.367 e. The topological polar surface area (TPSA) is 85.4 Å². The second-order valence-electron chi connectivity index (χ2n) is 6.95. The molecule has 2 heterocycles. The first-order chi connectivity index (χ1) is 10.3. The van der Waals surface area contributed by atoms with E-state index < -0.39 is 4.92 Å². The number of aromatic nitrogens is 3.